The normalized spacial score (nSPS) is 24.2. The highest BCUT2D eigenvalue weighted by atomic mass is 32.1. The second-order valence-corrected chi connectivity index (χ2v) is 9.06. The maximum atomic E-state index is 13.2. The molecule has 0 aliphatic carbocycles. The summed E-state index contributed by atoms with van der Waals surface area (Å²) in [4.78, 5) is 2.22. The minimum atomic E-state index is -1.62. The van der Waals surface area contributed by atoms with E-state index in [1.165, 1.54) is 12.1 Å². The van der Waals surface area contributed by atoms with Crippen molar-refractivity contribution >= 4 is 11.3 Å². The van der Waals surface area contributed by atoms with Crippen LogP contribution in [0.1, 0.15) is 34.4 Å². The molecule has 0 spiro atoms. The molecule has 2 aromatic carbocycles. The SMILES string of the molecule is Cc1ccc(C2(O)CC(O)CC(CO)O2)cc1Cc1ccc(-c2ccc(F)cc2)s1. The Balaban J connectivity index is 1.58. The largest absolute Gasteiger partial charge is 0.394 e. The summed E-state index contributed by atoms with van der Waals surface area (Å²) in [6.45, 7) is 1.77. The standard InChI is InChI=1S/C24H25FO4S/c1-15-2-5-18(24(28)13-20(27)12-21(14-26)29-24)10-17(15)11-22-8-9-23(30-22)16-3-6-19(25)7-4-16/h2-10,20-21,26-28H,11-14H2,1H3. The van der Waals surface area contributed by atoms with Crippen LogP contribution in [-0.2, 0) is 16.9 Å². The van der Waals surface area contributed by atoms with Crippen LogP contribution in [-0.4, -0.2) is 34.1 Å². The van der Waals surface area contributed by atoms with Crippen molar-refractivity contribution in [2.24, 2.45) is 0 Å². The van der Waals surface area contributed by atoms with Crippen molar-refractivity contribution in [1.82, 2.24) is 0 Å². The van der Waals surface area contributed by atoms with Gasteiger partial charge in [-0.2, -0.15) is 0 Å². The third kappa shape index (κ3) is 4.48. The lowest BCUT2D eigenvalue weighted by Gasteiger charge is -2.39. The quantitative estimate of drug-likeness (QED) is 0.572. The van der Waals surface area contributed by atoms with Gasteiger partial charge >= 0.3 is 0 Å². The van der Waals surface area contributed by atoms with Crippen molar-refractivity contribution in [2.45, 2.75) is 44.2 Å². The van der Waals surface area contributed by atoms with E-state index in [9.17, 15) is 19.7 Å². The molecule has 3 aromatic rings. The smallest absolute Gasteiger partial charge is 0.195 e. The summed E-state index contributed by atoms with van der Waals surface area (Å²) >= 11 is 1.65. The Bertz CT molecular complexity index is 1020. The fourth-order valence-corrected chi connectivity index (χ4v) is 4.95. The maximum Gasteiger partial charge on any atom is 0.195 e. The average molecular weight is 429 g/mol. The van der Waals surface area contributed by atoms with Gasteiger partial charge in [-0.3, -0.25) is 0 Å². The Hall–Kier alpha value is -2.09. The van der Waals surface area contributed by atoms with Gasteiger partial charge in [-0.05, 0) is 53.9 Å². The monoisotopic (exact) mass is 428 g/mol. The zero-order valence-corrected chi connectivity index (χ0v) is 17.5. The van der Waals surface area contributed by atoms with Gasteiger partial charge in [0, 0.05) is 34.6 Å². The number of hydrogen-bond donors (Lipinski definition) is 3. The van der Waals surface area contributed by atoms with E-state index in [2.05, 4.69) is 6.07 Å². The summed E-state index contributed by atoms with van der Waals surface area (Å²) in [6.07, 6.45) is -0.271. The van der Waals surface area contributed by atoms with Gasteiger partial charge in [0.15, 0.2) is 5.79 Å². The Morgan fingerprint density at radius 2 is 1.90 bits per heavy atom. The van der Waals surface area contributed by atoms with Crippen LogP contribution in [0.25, 0.3) is 10.4 Å². The van der Waals surface area contributed by atoms with Crippen molar-refractivity contribution in [2.75, 3.05) is 6.61 Å². The molecule has 1 aromatic heterocycles. The second kappa shape index (κ2) is 8.57. The number of hydrogen-bond acceptors (Lipinski definition) is 5. The molecule has 1 aliphatic rings. The molecule has 1 fully saturated rings. The molecule has 3 unspecified atom stereocenters. The lowest BCUT2D eigenvalue weighted by Crippen LogP contribution is -2.45. The van der Waals surface area contributed by atoms with Crippen LogP contribution in [0.15, 0.2) is 54.6 Å². The predicted molar refractivity (Wildman–Crippen MR) is 115 cm³/mol. The van der Waals surface area contributed by atoms with Gasteiger partial charge in [0.25, 0.3) is 0 Å². The molecule has 0 radical (unpaired) electrons. The number of benzene rings is 2. The second-order valence-electron chi connectivity index (χ2n) is 7.89. The average Bonchev–Trinajstić information content (AvgIpc) is 3.18. The van der Waals surface area contributed by atoms with E-state index in [0.29, 0.717) is 18.4 Å². The van der Waals surface area contributed by atoms with E-state index in [4.69, 9.17) is 4.74 Å². The first-order valence-electron chi connectivity index (χ1n) is 10.00. The van der Waals surface area contributed by atoms with Crippen molar-refractivity contribution in [3.63, 3.8) is 0 Å². The Morgan fingerprint density at radius 3 is 2.63 bits per heavy atom. The van der Waals surface area contributed by atoms with Crippen molar-refractivity contribution in [3.05, 3.63) is 82.0 Å². The van der Waals surface area contributed by atoms with E-state index in [0.717, 1.165) is 26.4 Å². The first kappa shape index (κ1) is 21.2. The molecular weight excluding hydrogens is 403 g/mol. The molecule has 3 N–H and O–H groups in total. The van der Waals surface area contributed by atoms with E-state index < -0.39 is 18.0 Å². The highest BCUT2D eigenvalue weighted by molar-refractivity contribution is 7.15. The molecular formula is C24H25FO4S. The molecule has 3 atom stereocenters. The third-order valence-electron chi connectivity index (χ3n) is 5.57. The van der Waals surface area contributed by atoms with Crippen LogP contribution in [0, 0.1) is 12.7 Å². The van der Waals surface area contributed by atoms with Crippen LogP contribution in [0.4, 0.5) is 4.39 Å². The molecule has 30 heavy (non-hydrogen) atoms. The molecule has 158 valence electrons. The summed E-state index contributed by atoms with van der Waals surface area (Å²) in [5.74, 6) is -1.87. The number of rotatable bonds is 5. The highest BCUT2D eigenvalue weighted by Crippen LogP contribution is 2.37. The van der Waals surface area contributed by atoms with Crippen LogP contribution >= 0.6 is 11.3 Å². The minimum Gasteiger partial charge on any atom is -0.394 e. The Labute approximate surface area is 179 Å². The van der Waals surface area contributed by atoms with Crippen LogP contribution < -0.4 is 0 Å². The van der Waals surface area contributed by atoms with Gasteiger partial charge in [-0.15, -0.1) is 11.3 Å². The molecule has 4 nitrogen and oxygen atoms in total. The number of halogens is 1. The molecule has 1 aliphatic heterocycles. The number of aliphatic hydroxyl groups is 3. The van der Waals surface area contributed by atoms with Gasteiger partial charge in [-0.25, -0.2) is 4.39 Å². The van der Waals surface area contributed by atoms with Crippen molar-refractivity contribution in [1.29, 1.82) is 0 Å². The number of aliphatic hydroxyl groups excluding tert-OH is 2. The van der Waals surface area contributed by atoms with Crippen LogP contribution in [0.2, 0.25) is 0 Å². The molecule has 6 heteroatoms. The maximum absolute atomic E-state index is 13.2. The van der Waals surface area contributed by atoms with Crippen LogP contribution in [0.5, 0.6) is 0 Å². The molecule has 2 heterocycles. The van der Waals surface area contributed by atoms with Gasteiger partial charge in [-0.1, -0.05) is 24.3 Å². The number of ether oxygens (including phenoxy) is 1. The van der Waals surface area contributed by atoms with Gasteiger partial charge in [0.1, 0.15) is 5.82 Å². The summed E-state index contributed by atoms with van der Waals surface area (Å²) in [7, 11) is 0. The van der Waals surface area contributed by atoms with E-state index in [1.807, 2.05) is 31.2 Å². The summed E-state index contributed by atoms with van der Waals surface area (Å²) in [5.41, 5.74) is 3.70. The van der Waals surface area contributed by atoms with E-state index >= 15 is 0 Å². The van der Waals surface area contributed by atoms with E-state index in [-0.39, 0.29) is 18.8 Å². The fourth-order valence-electron chi connectivity index (χ4n) is 3.91. The molecule has 0 bridgehead atoms. The van der Waals surface area contributed by atoms with E-state index in [1.54, 1.807) is 23.5 Å². The first-order chi connectivity index (χ1) is 14.4. The molecule has 4 rings (SSSR count). The number of aryl methyl sites for hydroxylation is 1. The first-order valence-corrected chi connectivity index (χ1v) is 10.8. The topological polar surface area (TPSA) is 69.9 Å². The van der Waals surface area contributed by atoms with Gasteiger partial charge in [0.05, 0.1) is 18.8 Å². The van der Waals surface area contributed by atoms with Crippen LogP contribution in [0.3, 0.4) is 0 Å². The highest BCUT2D eigenvalue weighted by Gasteiger charge is 2.41. The minimum absolute atomic E-state index is 0.0692. The predicted octanol–water partition coefficient (Wildman–Crippen LogP) is 4.13. The molecule has 1 saturated heterocycles. The zero-order chi connectivity index (χ0) is 21.3. The Kier molecular flexibility index (Phi) is 6.04. The molecule has 0 saturated carbocycles. The summed E-state index contributed by atoms with van der Waals surface area (Å²) in [6, 6.07) is 16.2. The fraction of sp³-hybridized carbons (Fsp3) is 0.333. The molecule has 0 amide bonds. The summed E-state index contributed by atoms with van der Waals surface area (Å²) < 4.78 is 18.9. The van der Waals surface area contributed by atoms with Gasteiger partial charge in [0.2, 0.25) is 0 Å². The lowest BCUT2D eigenvalue weighted by molar-refractivity contribution is -0.286. The Morgan fingerprint density at radius 1 is 1.13 bits per heavy atom. The zero-order valence-electron chi connectivity index (χ0n) is 16.7. The summed E-state index contributed by atoms with van der Waals surface area (Å²) in [5, 5.41) is 30.6. The number of thiophene rings is 1. The lowest BCUT2D eigenvalue weighted by atomic mass is 9.90. The van der Waals surface area contributed by atoms with Crippen molar-refractivity contribution in [3.8, 4) is 10.4 Å². The van der Waals surface area contributed by atoms with Gasteiger partial charge < -0.3 is 20.1 Å². The van der Waals surface area contributed by atoms with Crippen molar-refractivity contribution < 1.29 is 24.4 Å². The third-order valence-corrected chi connectivity index (χ3v) is 6.70.